The Morgan fingerprint density at radius 1 is 0.611 bits per heavy atom. The fourth-order valence-corrected chi connectivity index (χ4v) is 5.35. The fraction of sp³-hybridized carbons (Fsp3) is 0.206. The number of aromatic nitrogens is 2. The molecule has 0 spiro atoms. The van der Waals surface area contributed by atoms with Gasteiger partial charge in [-0.15, -0.1) is 0 Å². The largest absolute Gasteiger partial charge is 0.299 e. The molecular weight excluding hydrogens is 436 g/mol. The van der Waals surface area contributed by atoms with E-state index in [2.05, 4.69) is 136 Å². The highest BCUT2D eigenvalue weighted by Crippen LogP contribution is 2.45. The summed E-state index contributed by atoms with van der Waals surface area (Å²) in [5, 5.41) is 0. The maximum Gasteiger partial charge on any atom is 0.144 e. The van der Waals surface area contributed by atoms with Gasteiger partial charge < -0.3 is 0 Å². The molecule has 5 rings (SSSR count). The predicted octanol–water partition coefficient (Wildman–Crippen LogP) is 9.43. The third-order valence-corrected chi connectivity index (χ3v) is 6.97. The van der Waals surface area contributed by atoms with E-state index >= 15 is 0 Å². The first kappa shape index (κ1) is 23.8. The van der Waals surface area contributed by atoms with Gasteiger partial charge in [0.2, 0.25) is 0 Å². The lowest BCUT2D eigenvalue weighted by Gasteiger charge is -2.28. The molecule has 4 aromatic carbocycles. The Morgan fingerprint density at radius 3 is 1.61 bits per heavy atom. The van der Waals surface area contributed by atoms with Gasteiger partial charge in [-0.1, -0.05) is 113 Å². The summed E-state index contributed by atoms with van der Waals surface area (Å²) in [5.74, 6) is 1.63. The smallest absolute Gasteiger partial charge is 0.144 e. The quantitative estimate of drug-likeness (QED) is 0.242. The zero-order chi connectivity index (χ0) is 25.2. The van der Waals surface area contributed by atoms with Crippen LogP contribution >= 0.6 is 0 Å². The molecule has 180 valence electrons. The molecule has 0 radical (unpaired) electrons. The lowest BCUT2D eigenvalue weighted by molar-refractivity contribution is 0.810. The van der Waals surface area contributed by atoms with Gasteiger partial charge in [0, 0.05) is 18.0 Å². The van der Waals surface area contributed by atoms with Crippen molar-refractivity contribution >= 4 is 0 Å². The van der Waals surface area contributed by atoms with Gasteiger partial charge in [-0.2, -0.15) is 0 Å². The monoisotopic (exact) mass is 470 g/mol. The van der Waals surface area contributed by atoms with E-state index < -0.39 is 0 Å². The van der Waals surface area contributed by atoms with Gasteiger partial charge in [0.05, 0.1) is 5.69 Å². The van der Waals surface area contributed by atoms with Crippen LogP contribution in [-0.4, -0.2) is 9.55 Å². The van der Waals surface area contributed by atoms with Crippen molar-refractivity contribution in [1.29, 1.82) is 0 Å². The average Bonchev–Trinajstić information content (AvgIpc) is 3.38. The third kappa shape index (κ3) is 4.28. The molecule has 1 heterocycles. The summed E-state index contributed by atoms with van der Waals surface area (Å²) in [6, 6.07) is 32.6. The predicted molar refractivity (Wildman–Crippen MR) is 153 cm³/mol. The Balaban J connectivity index is 1.94. The lowest BCUT2D eigenvalue weighted by atomic mass is 9.81. The maximum absolute atomic E-state index is 4.89. The SMILES string of the molecule is Cc1ccccc1-c1nccn1-c1c(C(C)C)c(-c2ccccc2)cc(-c2ccccc2)c1C(C)C. The second-order valence-electron chi connectivity index (χ2n) is 10.1. The Morgan fingerprint density at radius 2 is 1.11 bits per heavy atom. The van der Waals surface area contributed by atoms with E-state index in [4.69, 9.17) is 4.98 Å². The highest BCUT2D eigenvalue weighted by molar-refractivity contribution is 5.85. The first-order valence-corrected chi connectivity index (χ1v) is 12.9. The van der Waals surface area contributed by atoms with Crippen LogP contribution in [0.1, 0.15) is 56.2 Å². The summed E-state index contributed by atoms with van der Waals surface area (Å²) >= 11 is 0. The first-order valence-electron chi connectivity index (χ1n) is 12.9. The number of imidazole rings is 1. The normalized spacial score (nSPS) is 11.4. The van der Waals surface area contributed by atoms with Crippen molar-refractivity contribution < 1.29 is 0 Å². The van der Waals surface area contributed by atoms with E-state index in [1.54, 1.807) is 0 Å². The fourth-order valence-electron chi connectivity index (χ4n) is 5.35. The van der Waals surface area contributed by atoms with Gasteiger partial charge >= 0.3 is 0 Å². The second-order valence-corrected chi connectivity index (χ2v) is 10.1. The summed E-state index contributed by atoms with van der Waals surface area (Å²) < 4.78 is 2.34. The van der Waals surface area contributed by atoms with Crippen LogP contribution in [-0.2, 0) is 0 Å². The van der Waals surface area contributed by atoms with E-state index in [9.17, 15) is 0 Å². The molecule has 0 bridgehead atoms. The van der Waals surface area contributed by atoms with Crippen LogP contribution in [0.5, 0.6) is 0 Å². The summed E-state index contributed by atoms with van der Waals surface area (Å²) in [4.78, 5) is 4.89. The van der Waals surface area contributed by atoms with Gasteiger partial charge in [0.1, 0.15) is 5.82 Å². The van der Waals surface area contributed by atoms with E-state index in [-0.39, 0.29) is 0 Å². The van der Waals surface area contributed by atoms with E-state index in [0.717, 1.165) is 5.82 Å². The van der Waals surface area contributed by atoms with Crippen molar-refractivity contribution in [3.8, 4) is 39.3 Å². The van der Waals surface area contributed by atoms with Gasteiger partial charge in [-0.3, -0.25) is 4.57 Å². The standard InChI is InChI=1S/C34H34N2/c1-23(2)31-29(26-15-8-6-9-16-26)22-30(27-17-10-7-11-18-27)32(24(3)4)33(31)36-21-20-35-34(36)28-19-13-12-14-25(28)5/h6-24H,1-5H3. The molecule has 0 N–H and O–H groups in total. The van der Waals surface area contributed by atoms with Gasteiger partial charge in [-0.25, -0.2) is 4.98 Å². The van der Waals surface area contributed by atoms with Crippen LogP contribution in [0.25, 0.3) is 39.3 Å². The Labute approximate surface area is 215 Å². The molecule has 0 aliphatic heterocycles. The minimum absolute atomic E-state index is 0.324. The first-order chi connectivity index (χ1) is 17.5. The topological polar surface area (TPSA) is 17.8 Å². The lowest BCUT2D eigenvalue weighted by Crippen LogP contribution is -2.11. The van der Waals surface area contributed by atoms with Crippen molar-refractivity contribution in [2.24, 2.45) is 0 Å². The molecule has 0 aliphatic carbocycles. The van der Waals surface area contributed by atoms with Crippen LogP contribution < -0.4 is 0 Å². The molecule has 0 unspecified atom stereocenters. The Bertz CT molecular complexity index is 1410. The van der Waals surface area contributed by atoms with Crippen LogP contribution in [0.4, 0.5) is 0 Å². The van der Waals surface area contributed by atoms with Crippen molar-refractivity contribution in [1.82, 2.24) is 9.55 Å². The number of nitrogens with zero attached hydrogens (tertiary/aromatic N) is 2. The molecule has 0 aliphatic rings. The molecule has 0 saturated carbocycles. The van der Waals surface area contributed by atoms with Crippen molar-refractivity contribution in [2.45, 2.75) is 46.5 Å². The minimum atomic E-state index is 0.324. The van der Waals surface area contributed by atoms with Gasteiger partial charge in [0.15, 0.2) is 0 Å². The number of hydrogen-bond donors (Lipinski definition) is 0. The Hall–Kier alpha value is -3.91. The molecular formula is C34H34N2. The van der Waals surface area contributed by atoms with Crippen molar-refractivity contribution in [3.05, 3.63) is 120 Å². The molecule has 36 heavy (non-hydrogen) atoms. The Kier molecular flexibility index (Phi) is 6.61. The summed E-state index contributed by atoms with van der Waals surface area (Å²) in [6.07, 6.45) is 4.08. The van der Waals surface area contributed by atoms with Crippen LogP contribution in [0.15, 0.2) is 103 Å². The number of aryl methyl sites for hydroxylation is 1. The zero-order valence-corrected chi connectivity index (χ0v) is 21.9. The number of hydrogen-bond acceptors (Lipinski definition) is 1. The van der Waals surface area contributed by atoms with Crippen molar-refractivity contribution in [2.75, 3.05) is 0 Å². The van der Waals surface area contributed by atoms with Gasteiger partial charge in [-0.05, 0) is 63.8 Å². The summed E-state index contributed by atoms with van der Waals surface area (Å²) in [7, 11) is 0. The van der Waals surface area contributed by atoms with Crippen molar-refractivity contribution in [3.63, 3.8) is 0 Å². The van der Waals surface area contributed by atoms with Crippen LogP contribution in [0, 0.1) is 6.92 Å². The zero-order valence-electron chi connectivity index (χ0n) is 21.9. The van der Waals surface area contributed by atoms with Crippen LogP contribution in [0.3, 0.4) is 0 Å². The van der Waals surface area contributed by atoms with E-state index in [1.807, 2.05) is 6.20 Å². The average molecular weight is 471 g/mol. The molecule has 2 nitrogen and oxygen atoms in total. The maximum atomic E-state index is 4.89. The third-order valence-electron chi connectivity index (χ3n) is 6.97. The van der Waals surface area contributed by atoms with Gasteiger partial charge in [0.25, 0.3) is 0 Å². The van der Waals surface area contributed by atoms with E-state index in [1.165, 1.54) is 50.2 Å². The summed E-state index contributed by atoms with van der Waals surface area (Å²) in [5.41, 5.74) is 11.4. The minimum Gasteiger partial charge on any atom is -0.299 e. The molecule has 0 saturated heterocycles. The highest BCUT2D eigenvalue weighted by Gasteiger charge is 2.26. The van der Waals surface area contributed by atoms with E-state index in [0.29, 0.717) is 11.8 Å². The highest BCUT2D eigenvalue weighted by atomic mass is 15.1. The molecule has 1 aromatic heterocycles. The number of rotatable bonds is 6. The summed E-state index contributed by atoms with van der Waals surface area (Å²) in [6.45, 7) is 11.4. The molecule has 0 atom stereocenters. The molecule has 5 aromatic rings. The molecule has 0 fully saturated rings. The number of benzene rings is 4. The molecule has 2 heteroatoms. The van der Waals surface area contributed by atoms with Crippen LogP contribution in [0.2, 0.25) is 0 Å². The second kappa shape index (κ2) is 9.99. The molecule has 0 amide bonds.